The molecule has 0 aromatic heterocycles. The van der Waals surface area contributed by atoms with Gasteiger partial charge in [0.15, 0.2) is 6.61 Å². The Morgan fingerprint density at radius 2 is 1.77 bits per heavy atom. The second-order valence-electron chi connectivity index (χ2n) is 5.05. The average molecular weight is 302 g/mol. The van der Waals surface area contributed by atoms with E-state index < -0.39 is 18.7 Å². The number of para-hydroxylation sites is 1. The molecular weight excluding hydrogens is 284 g/mol. The maximum absolute atomic E-state index is 10.6. The van der Waals surface area contributed by atoms with Gasteiger partial charge >= 0.3 is 5.97 Å². The summed E-state index contributed by atoms with van der Waals surface area (Å²) in [6.45, 7) is 1.40. The predicted octanol–water partition coefficient (Wildman–Crippen LogP) is 2.69. The summed E-state index contributed by atoms with van der Waals surface area (Å²) in [6.07, 6.45) is -0.796. The number of hydrogen-bond acceptors (Lipinski definition) is 4. The first kappa shape index (κ1) is 15.9. The summed E-state index contributed by atoms with van der Waals surface area (Å²) >= 11 is 0. The number of benzene rings is 2. The third-order valence-electron chi connectivity index (χ3n) is 3.47. The summed E-state index contributed by atoms with van der Waals surface area (Å²) in [4.78, 5) is 10.6. The van der Waals surface area contributed by atoms with Crippen molar-refractivity contribution in [3.63, 3.8) is 0 Å². The Bertz CT molecular complexity index is 636. The Hall–Kier alpha value is -2.53. The molecule has 0 aliphatic carbocycles. The van der Waals surface area contributed by atoms with Crippen molar-refractivity contribution < 1.29 is 24.9 Å². The quantitative estimate of drug-likeness (QED) is 0.763. The minimum Gasteiger partial charge on any atom is -0.508 e. The van der Waals surface area contributed by atoms with Crippen LogP contribution in [0.1, 0.15) is 30.1 Å². The van der Waals surface area contributed by atoms with E-state index in [1.807, 2.05) is 13.0 Å². The first-order valence-corrected chi connectivity index (χ1v) is 6.89. The summed E-state index contributed by atoms with van der Waals surface area (Å²) < 4.78 is 5.27. The molecule has 5 heteroatoms. The van der Waals surface area contributed by atoms with Crippen LogP contribution in [-0.4, -0.2) is 27.9 Å². The van der Waals surface area contributed by atoms with Crippen LogP contribution < -0.4 is 4.74 Å². The number of ether oxygens (including phenoxy) is 1. The van der Waals surface area contributed by atoms with Crippen molar-refractivity contribution in [1.82, 2.24) is 0 Å². The zero-order valence-corrected chi connectivity index (χ0v) is 12.1. The summed E-state index contributed by atoms with van der Waals surface area (Å²) in [5.74, 6) is -0.778. The van der Waals surface area contributed by atoms with Gasteiger partial charge in [0.2, 0.25) is 0 Å². The first-order chi connectivity index (χ1) is 10.5. The third-order valence-corrected chi connectivity index (χ3v) is 3.47. The highest BCUT2D eigenvalue weighted by Gasteiger charge is 2.21. The van der Waals surface area contributed by atoms with E-state index in [1.165, 1.54) is 12.1 Å². The SMILES string of the molecule is C[C@@H](c1ccccc1OCC(=O)O)[C@@H](O)c1ccc(O)cc1. The molecule has 22 heavy (non-hydrogen) atoms. The van der Waals surface area contributed by atoms with Crippen molar-refractivity contribution >= 4 is 5.97 Å². The Balaban J connectivity index is 2.22. The van der Waals surface area contributed by atoms with Crippen LogP contribution in [0, 0.1) is 0 Å². The van der Waals surface area contributed by atoms with Gasteiger partial charge in [-0.05, 0) is 29.3 Å². The number of rotatable bonds is 6. The van der Waals surface area contributed by atoms with Gasteiger partial charge in [0.05, 0.1) is 6.10 Å². The van der Waals surface area contributed by atoms with E-state index in [-0.39, 0.29) is 11.7 Å². The Labute approximate surface area is 128 Å². The van der Waals surface area contributed by atoms with Gasteiger partial charge < -0.3 is 20.1 Å². The van der Waals surface area contributed by atoms with Crippen molar-refractivity contribution in [3.8, 4) is 11.5 Å². The van der Waals surface area contributed by atoms with Gasteiger partial charge in [-0.25, -0.2) is 4.79 Å². The minimum atomic E-state index is -1.05. The molecule has 0 spiro atoms. The fraction of sp³-hybridized carbons (Fsp3) is 0.235. The summed E-state index contributed by atoms with van der Waals surface area (Å²) in [6, 6.07) is 13.4. The van der Waals surface area contributed by atoms with Gasteiger partial charge in [0, 0.05) is 5.92 Å². The lowest BCUT2D eigenvalue weighted by atomic mass is 9.90. The molecule has 0 aliphatic rings. The zero-order valence-electron chi connectivity index (χ0n) is 12.1. The predicted molar refractivity (Wildman–Crippen MR) is 81.1 cm³/mol. The summed E-state index contributed by atoms with van der Waals surface area (Å²) in [5, 5.41) is 28.5. The molecule has 2 atom stereocenters. The summed E-state index contributed by atoms with van der Waals surface area (Å²) in [5.41, 5.74) is 1.39. The van der Waals surface area contributed by atoms with Crippen LogP contribution in [0.3, 0.4) is 0 Å². The van der Waals surface area contributed by atoms with Crippen molar-refractivity contribution in [2.75, 3.05) is 6.61 Å². The number of carbonyl (C=O) groups is 1. The van der Waals surface area contributed by atoms with E-state index in [0.717, 1.165) is 5.56 Å². The molecule has 0 amide bonds. The number of aliphatic hydroxyl groups is 1. The van der Waals surface area contributed by atoms with Crippen LogP contribution in [0.25, 0.3) is 0 Å². The molecule has 116 valence electrons. The Kier molecular flexibility index (Phi) is 5.01. The largest absolute Gasteiger partial charge is 0.508 e. The fourth-order valence-electron chi connectivity index (χ4n) is 2.26. The molecule has 3 N–H and O–H groups in total. The number of hydrogen-bond donors (Lipinski definition) is 3. The van der Waals surface area contributed by atoms with Crippen LogP contribution in [0.15, 0.2) is 48.5 Å². The highest BCUT2D eigenvalue weighted by Crippen LogP contribution is 2.35. The van der Waals surface area contributed by atoms with Crippen molar-refractivity contribution in [2.45, 2.75) is 18.9 Å². The number of carboxylic acid groups (broad SMARTS) is 1. The molecule has 0 unspecified atom stereocenters. The average Bonchev–Trinajstić information content (AvgIpc) is 2.52. The molecule has 0 fully saturated rings. The molecular formula is C17H18O5. The van der Waals surface area contributed by atoms with Crippen molar-refractivity contribution in [3.05, 3.63) is 59.7 Å². The summed E-state index contributed by atoms with van der Waals surface area (Å²) in [7, 11) is 0. The standard InChI is InChI=1S/C17H18O5/c1-11(17(21)12-6-8-13(18)9-7-12)14-4-2-3-5-15(14)22-10-16(19)20/h2-9,11,17-18,21H,10H2,1H3,(H,19,20)/t11-,17+/m0/s1. The zero-order chi connectivity index (χ0) is 16.1. The number of aromatic hydroxyl groups is 1. The lowest BCUT2D eigenvalue weighted by Crippen LogP contribution is -2.13. The van der Waals surface area contributed by atoms with Crippen molar-refractivity contribution in [2.24, 2.45) is 0 Å². The fourth-order valence-corrected chi connectivity index (χ4v) is 2.26. The maximum Gasteiger partial charge on any atom is 0.341 e. The monoisotopic (exact) mass is 302 g/mol. The lowest BCUT2D eigenvalue weighted by molar-refractivity contribution is -0.139. The van der Waals surface area contributed by atoms with E-state index in [0.29, 0.717) is 11.3 Å². The van der Waals surface area contributed by atoms with Gasteiger partial charge in [-0.1, -0.05) is 37.3 Å². The van der Waals surface area contributed by atoms with Crippen LogP contribution in [0.2, 0.25) is 0 Å². The molecule has 5 nitrogen and oxygen atoms in total. The smallest absolute Gasteiger partial charge is 0.341 e. The molecule has 0 radical (unpaired) electrons. The van der Waals surface area contributed by atoms with Crippen LogP contribution >= 0.6 is 0 Å². The van der Waals surface area contributed by atoms with Gasteiger partial charge in [-0.15, -0.1) is 0 Å². The van der Waals surface area contributed by atoms with Gasteiger partial charge in [-0.3, -0.25) is 0 Å². The molecule has 0 saturated carbocycles. The highest BCUT2D eigenvalue weighted by molar-refractivity contribution is 5.68. The maximum atomic E-state index is 10.6. The number of carboxylic acids is 1. The number of phenols is 1. The molecule has 0 bridgehead atoms. The van der Waals surface area contributed by atoms with E-state index >= 15 is 0 Å². The molecule has 2 rings (SSSR count). The van der Waals surface area contributed by atoms with Gasteiger partial charge in [0.25, 0.3) is 0 Å². The van der Waals surface area contributed by atoms with Gasteiger partial charge in [-0.2, -0.15) is 0 Å². The van der Waals surface area contributed by atoms with E-state index in [1.54, 1.807) is 30.3 Å². The van der Waals surface area contributed by atoms with Crippen LogP contribution in [0.5, 0.6) is 11.5 Å². The molecule has 0 heterocycles. The minimum absolute atomic E-state index is 0.133. The van der Waals surface area contributed by atoms with E-state index in [9.17, 15) is 15.0 Å². The second kappa shape index (κ2) is 6.95. The number of aliphatic carboxylic acids is 1. The van der Waals surface area contributed by atoms with Crippen LogP contribution in [-0.2, 0) is 4.79 Å². The highest BCUT2D eigenvalue weighted by atomic mass is 16.5. The number of aliphatic hydroxyl groups excluding tert-OH is 1. The first-order valence-electron chi connectivity index (χ1n) is 6.89. The Morgan fingerprint density at radius 3 is 2.41 bits per heavy atom. The third kappa shape index (κ3) is 3.77. The van der Waals surface area contributed by atoms with Crippen molar-refractivity contribution in [1.29, 1.82) is 0 Å². The normalized spacial score (nSPS) is 13.4. The number of phenolic OH excluding ortho intramolecular Hbond substituents is 1. The molecule has 2 aromatic carbocycles. The van der Waals surface area contributed by atoms with E-state index in [2.05, 4.69) is 0 Å². The van der Waals surface area contributed by atoms with E-state index in [4.69, 9.17) is 9.84 Å². The second-order valence-corrected chi connectivity index (χ2v) is 5.05. The molecule has 2 aromatic rings. The Morgan fingerprint density at radius 1 is 1.14 bits per heavy atom. The van der Waals surface area contributed by atoms with Gasteiger partial charge in [0.1, 0.15) is 11.5 Å². The van der Waals surface area contributed by atoms with Crippen LogP contribution in [0.4, 0.5) is 0 Å². The lowest BCUT2D eigenvalue weighted by Gasteiger charge is -2.22. The molecule has 0 saturated heterocycles. The topological polar surface area (TPSA) is 87.0 Å². The molecule has 0 aliphatic heterocycles.